The van der Waals surface area contributed by atoms with Crippen LogP contribution in [-0.4, -0.2) is 41.6 Å². The fourth-order valence-corrected chi connectivity index (χ4v) is 3.36. The van der Waals surface area contributed by atoms with E-state index in [0.717, 1.165) is 26.5 Å². The third-order valence-corrected chi connectivity index (χ3v) is 4.89. The maximum Gasteiger partial charge on any atom is 0.509 e. The summed E-state index contributed by atoms with van der Waals surface area (Å²) in [6, 6.07) is 20.3. The summed E-state index contributed by atoms with van der Waals surface area (Å²) in [6.07, 6.45) is -1.33. The Morgan fingerprint density at radius 2 is 1.38 bits per heavy atom. The number of para-hydroxylation sites is 1. The molecule has 5 aromatic rings. The minimum absolute atomic E-state index is 0. The van der Waals surface area contributed by atoms with Gasteiger partial charge in [0.1, 0.15) is 0 Å². The Labute approximate surface area is 233 Å². The molecule has 5 rings (SSSR count). The van der Waals surface area contributed by atoms with Crippen LogP contribution in [-0.2, 0) is 0 Å². The zero-order valence-electron chi connectivity index (χ0n) is 17.7. The van der Waals surface area contributed by atoms with Gasteiger partial charge < -0.3 is 5.11 Å². The van der Waals surface area contributed by atoms with Crippen molar-refractivity contribution in [2.75, 3.05) is 0 Å². The second-order valence-electron chi connectivity index (χ2n) is 7.09. The molecule has 0 aliphatic heterocycles. The number of hydrogen-bond donors (Lipinski definition) is 1. The van der Waals surface area contributed by atoms with Gasteiger partial charge in [-0.3, -0.25) is 14.8 Å². The largest absolute Gasteiger partial charge is 0.509 e. The molecule has 0 fully saturated rings. The van der Waals surface area contributed by atoms with Crippen molar-refractivity contribution in [3.63, 3.8) is 0 Å². The van der Waals surface area contributed by atoms with Gasteiger partial charge in [0.15, 0.2) is 5.56 Å². The van der Waals surface area contributed by atoms with Crippen LogP contribution >= 0.6 is 0 Å². The van der Waals surface area contributed by atoms with Crippen LogP contribution in [0.5, 0.6) is 5.88 Å². The monoisotopic (exact) mass is 604 g/mol. The molecule has 0 spiro atoms. The average molecular weight is 603 g/mol. The number of nitrogens with zero attached hydrogens (tertiary/aromatic N) is 4. The van der Waals surface area contributed by atoms with Crippen molar-refractivity contribution in [1.82, 2.24) is 19.7 Å². The molecule has 2 aromatic carbocycles. The molecule has 6 nitrogen and oxygen atoms in total. The number of halogens is 3. The first-order valence-corrected chi connectivity index (χ1v) is 9.83. The summed E-state index contributed by atoms with van der Waals surface area (Å²) in [6.45, 7) is 1.27. The van der Waals surface area contributed by atoms with Crippen molar-refractivity contribution >= 4 is 27.6 Å². The molecule has 3 aromatic heterocycles. The summed E-state index contributed by atoms with van der Waals surface area (Å²) in [5.74, 6) is -2.61. The van der Waals surface area contributed by atoms with E-state index in [-0.39, 0.29) is 55.1 Å². The van der Waals surface area contributed by atoms with Crippen LogP contribution in [0.3, 0.4) is 0 Å². The van der Waals surface area contributed by atoms with Crippen molar-refractivity contribution in [2.45, 2.75) is 13.1 Å². The van der Waals surface area contributed by atoms with Crippen molar-refractivity contribution in [3.8, 4) is 11.6 Å². The molecular weight excluding hydrogens is 585 g/mol. The van der Waals surface area contributed by atoms with Crippen LogP contribution < -0.4 is 0 Å². The summed E-state index contributed by atoms with van der Waals surface area (Å²) >= 11 is 0. The quantitative estimate of drug-likeness (QED) is 0.173. The number of fused-ring (bicyclic) bond motifs is 3. The first-order chi connectivity index (χ1) is 15.8. The van der Waals surface area contributed by atoms with Gasteiger partial charge in [0.05, 0.1) is 22.4 Å². The van der Waals surface area contributed by atoms with E-state index in [1.165, 1.54) is 6.92 Å². The first kappa shape index (κ1) is 25.9. The third-order valence-electron chi connectivity index (χ3n) is 4.89. The van der Waals surface area contributed by atoms with Crippen molar-refractivity contribution < 1.29 is 72.4 Å². The molecular formula is C24H18EuF3N4O2+. The number of aryl methyl sites for hydroxylation is 1. The van der Waals surface area contributed by atoms with Crippen LogP contribution in [0.2, 0.25) is 0 Å². The minimum Gasteiger partial charge on any atom is -0.493 e. The zero-order valence-corrected chi connectivity index (χ0v) is 20.1. The smallest absolute Gasteiger partial charge is 0.493 e. The number of aromatic hydroxyl groups is 1. The number of aromatic nitrogens is 4. The van der Waals surface area contributed by atoms with Gasteiger partial charge in [0.25, 0.3) is 0 Å². The Bertz CT molecular complexity index is 1400. The summed E-state index contributed by atoms with van der Waals surface area (Å²) < 4.78 is 38.4. The fourth-order valence-electron chi connectivity index (χ4n) is 3.36. The second kappa shape index (κ2) is 10.7. The number of hydrogen-bond acceptors (Lipinski definition) is 4. The van der Waals surface area contributed by atoms with E-state index in [4.69, 9.17) is 4.79 Å². The molecule has 173 valence electrons. The normalized spacial score (nSPS) is 10.9. The van der Waals surface area contributed by atoms with E-state index < -0.39 is 23.4 Å². The molecule has 34 heavy (non-hydrogen) atoms. The number of benzene rings is 2. The molecule has 3 heterocycles. The minimum atomic E-state index is -4.94. The fraction of sp³-hybridized carbons (Fsp3) is 0.0833. The number of alkyl halides is 3. The maximum absolute atomic E-state index is 12.5. The van der Waals surface area contributed by atoms with E-state index in [1.807, 2.05) is 12.1 Å². The predicted octanol–water partition coefficient (Wildman–Crippen LogP) is 5.12. The van der Waals surface area contributed by atoms with Crippen LogP contribution in [0.1, 0.15) is 11.3 Å². The first-order valence-electron chi connectivity index (χ1n) is 9.83. The second-order valence-corrected chi connectivity index (χ2v) is 7.09. The van der Waals surface area contributed by atoms with Gasteiger partial charge in [-0.25, -0.2) is 4.68 Å². The Balaban J connectivity index is 0.000000192. The van der Waals surface area contributed by atoms with Gasteiger partial charge in [-0.2, -0.15) is 18.3 Å². The molecule has 0 unspecified atom stereocenters. The van der Waals surface area contributed by atoms with Gasteiger partial charge in [-0.1, -0.05) is 42.5 Å². The average Bonchev–Trinajstić information content (AvgIpc) is 3.12. The predicted molar refractivity (Wildman–Crippen MR) is 119 cm³/mol. The Hall–Kier alpha value is -2.69. The molecule has 0 saturated heterocycles. The third kappa shape index (κ3) is 5.34. The van der Waals surface area contributed by atoms with Crippen LogP contribution in [0.25, 0.3) is 27.5 Å². The van der Waals surface area contributed by atoms with E-state index in [1.54, 1.807) is 42.7 Å². The van der Waals surface area contributed by atoms with Gasteiger partial charge >= 0.3 is 12.0 Å². The van der Waals surface area contributed by atoms with Crippen LogP contribution in [0.4, 0.5) is 13.2 Å². The Kier molecular flexibility index (Phi) is 8.17. The molecule has 2 N–H and O–H groups in total. The van der Waals surface area contributed by atoms with Gasteiger partial charge in [0, 0.05) is 72.5 Å². The number of rotatable bonds is 2. The number of pyridine rings is 2. The molecule has 10 heteroatoms. The number of ketones is 1. The standard InChI is InChI=1S/C12H9F3N2O2.C12H8N2.Eu/c1-7-9(10(18)12(13,14)15)11(19)17(16-7)8-5-3-2-4-6-8;1-3-9-5-6-10-4-2-8-14-12(10)11(9)13-7-1;/h2-6,19H,1H3;1-8H;/p+1. The summed E-state index contributed by atoms with van der Waals surface area (Å²) in [4.78, 5) is 17.9. The van der Waals surface area contributed by atoms with Crippen molar-refractivity contribution in [3.05, 3.63) is 90.4 Å². The Morgan fingerprint density at radius 3 is 1.88 bits per heavy atom. The molecule has 0 aliphatic carbocycles. The van der Waals surface area contributed by atoms with Gasteiger partial charge in [0.2, 0.25) is 5.88 Å². The number of carbonyl (C=O) groups excluding carboxylic acids is 1. The molecule has 0 saturated carbocycles. The van der Waals surface area contributed by atoms with Crippen molar-refractivity contribution in [1.29, 1.82) is 0 Å². The van der Waals surface area contributed by atoms with Gasteiger partial charge in [-0.05, 0) is 31.2 Å². The molecule has 0 atom stereocenters. The SMILES string of the molecule is Cc1nn(-c2ccccc2)c(O)c1C(=[OH+])C(F)(F)F.[Eu].c1cnc2c(c1)ccc1cccnc12. The molecule has 1 radical (unpaired) electrons. The maximum atomic E-state index is 12.5. The molecule has 0 aliphatic rings. The Morgan fingerprint density at radius 1 is 0.853 bits per heavy atom. The zero-order chi connectivity index (χ0) is 23.6. The summed E-state index contributed by atoms with van der Waals surface area (Å²) in [7, 11) is 0. The molecule has 0 bridgehead atoms. The summed E-state index contributed by atoms with van der Waals surface area (Å²) in [5, 5.41) is 15.9. The van der Waals surface area contributed by atoms with E-state index in [9.17, 15) is 18.3 Å². The van der Waals surface area contributed by atoms with Crippen LogP contribution in [0, 0.1) is 56.3 Å². The topological polar surface area (TPSA) is 85.2 Å². The van der Waals surface area contributed by atoms with Gasteiger partial charge in [-0.15, -0.1) is 0 Å². The van der Waals surface area contributed by atoms with Crippen molar-refractivity contribution in [2.24, 2.45) is 0 Å². The van der Waals surface area contributed by atoms with E-state index in [2.05, 4.69) is 39.3 Å². The molecule has 0 amide bonds. The van der Waals surface area contributed by atoms with E-state index in [0.29, 0.717) is 5.69 Å². The summed E-state index contributed by atoms with van der Waals surface area (Å²) in [5.41, 5.74) is 1.52. The van der Waals surface area contributed by atoms with E-state index >= 15 is 0 Å². The van der Waals surface area contributed by atoms with Crippen LogP contribution in [0.15, 0.2) is 79.1 Å².